The summed E-state index contributed by atoms with van der Waals surface area (Å²) in [4.78, 5) is 25.4. The molecular weight excluding hydrogens is 494 g/mol. The van der Waals surface area contributed by atoms with E-state index in [9.17, 15) is 9.90 Å². The van der Waals surface area contributed by atoms with Gasteiger partial charge in [0.05, 0.1) is 5.56 Å². The summed E-state index contributed by atoms with van der Waals surface area (Å²) in [5.74, 6) is 1.55. The van der Waals surface area contributed by atoms with E-state index < -0.39 is 11.0 Å². The third-order valence-corrected chi connectivity index (χ3v) is 8.43. The number of nitrogens with zero attached hydrogens (tertiary/aromatic N) is 5. The Balaban J connectivity index is 1.41. The van der Waals surface area contributed by atoms with Crippen molar-refractivity contribution in [2.24, 2.45) is 5.41 Å². The standard InChI is InChI=1S/C30H39N5O4/c1-20(2)21-6-8-24(9-7-21)30(37,29(3)18-34(4)19-29)25-14-23(15-31-16-25)28-32-27(33-39-28)22-10-12-35(13-11-22)26(36)17-38-5/h6-9,14-16,20,22,37H,10-13,17-19H2,1-5H3. The molecule has 0 spiro atoms. The van der Waals surface area contributed by atoms with Crippen molar-refractivity contribution in [3.05, 3.63) is 65.2 Å². The highest BCUT2D eigenvalue weighted by Crippen LogP contribution is 2.50. The number of likely N-dealkylation sites (tertiary alicyclic amines) is 2. The molecular formula is C30H39N5O4. The summed E-state index contributed by atoms with van der Waals surface area (Å²) in [5.41, 5.74) is 1.82. The second-order valence-electron chi connectivity index (χ2n) is 11.7. The lowest BCUT2D eigenvalue weighted by atomic mass is 9.62. The predicted molar refractivity (Wildman–Crippen MR) is 147 cm³/mol. The zero-order valence-corrected chi connectivity index (χ0v) is 23.6. The minimum atomic E-state index is -1.25. The number of methoxy groups -OCH3 is 1. The molecule has 2 saturated heterocycles. The number of ether oxygens (including phenoxy) is 1. The molecule has 3 aromatic rings. The van der Waals surface area contributed by atoms with Gasteiger partial charge in [0.1, 0.15) is 12.2 Å². The second kappa shape index (κ2) is 10.8. The van der Waals surface area contributed by atoms with Crippen molar-refractivity contribution in [3.8, 4) is 11.5 Å². The number of piperidine rings is 1. The number of benzene rings is 1. The summed E-state index contributed by atoms with van der Waals surface area (Å²) in [5, 5.41) is 16.8. The van der Waals surface area contributed by atoms with Gasteiger partial charge < -0.3 is 24.2 Å². The van der Waals surface area contributed by atoms with Crippen LogP contribution in [-0.2, 0) is 15.1 Å². The molecule has 1 amide bonds. The predicted octanol–water partition coefficient (Wildman–Crippen LogP) is 3.80. The van der Waals surface area contributed by atoms with Crippen LogP contribution in [0.1, 0.15) is 68.0 Å². The number of rotatable bonds is 8. The lowest BCUT2D eigenvalue weighted by molar-refractivity contribution is -0.136. The first-order valence-corrected chi connectivity index (χ1v) is 13.7. The van der Waals surface area contributed by atoms with Crippen LogP contribution in [0.5, 0.6) is 0 Å². The van der Waals surface area contributed by atoms with Gasteiger partial charge >= 0.3 is 0 Å². The molecule has 0 saturated carbocycles. The highest BCUT2D eigenvalue weighted by molar-refractivity contribution is 5.77. The number of pyridine rings is 1. The van der Waals surface area contributed by atoms with Crippen LogP contribution in [0.4, 0.5) is 0 Å². The SMILES string of the molecule is COCC(=O)N1CCC(c2noc(-c3cncc(C(O)(c4ccc(C(C)C)cc4)C4(C)CN(C)C4)c3)n2)CC1. The van der Waals surface area contributed by atoms with E-state index in [0.29, 0.717) is 41.8 Å². The minimum absolute atomic E-state index is 0.00493. The lowest BCUT2D eigenvalue weighted by Gasteiger charge is -2.55. The number of aliphatic hydroxyl groups is 1. The Bertz CT molecular complexity index is 1290. The van der Waals surface area contributed by atoms with Gasteiger partial charge in [0.25, 0.3) is 5.89 Å². The Morgan fingerprint density at radius 2 is 1.87 bits per heavy atom. The van der Waals surface area contributed by atoms with E-state index in [1.807, 2.05) is 23.1 Å². The first kappa shape index (κ1) is 27.4. The fraction of sp³-hybridized carbons (Fsp3) is 0.533. The Morgan fingerprint density at radius 1 is 1.18 bits per heavy atom. The Hall–Kier alpha value is -3.14. The number of amides is 1. The molecule has 1 N–H and O–H groups in total. The Morgan fingerprint density at radius 3 is 2.49 bits per heavy atom. The quantitative estimate of drug-likeness (QED) is 0.466. The smallest absolute Gasteiger partial charge is 0.259 e. The normalized spacial score (nSPS) is 19.6. The van der Waals surface area contributed by atoms with E-state index in [-0.39, 0.29) is 18.4 Å². The van der Waals surface area contributed by atoms with Crippen molar-refractivity contribution < 1.29 is 19.2 Å². The van der Waals surface area contributed by atoms with Crippen LogP contribution in [0.3, 0.4) is 0 Å². The summed E-state index contributed by atoms with van der Waals surface area (Å²) in [7, 11) is 3.60. The minimum Gasteiger partial charge on any atom is -0.380 e. The maximum absolute atomic E-state index is 12.5. The molecule has 0 radical (unpaired) electrons. The zero-order valence-electron chi connectivity index (χ0n) is 23.6. The molecule has 2 aliphatic heterocycles. The molecule has 1 aromatic carbocycles. The van der Waals surface area contributed by atoms with Crippen LogP contribution >= 0.6 is 0 Å². The van der Waals surface area contributed by atoms with Crippen molar-refractivity contribution in [1.29, 1.82) is 0 Å². The molecule has 4 heterocycles. The summed E-state index contributed by atoms with van der Waals surface area (Å²) in [6.45, 7) is 9.37. The first-order valence-electron chi connectivity index (χ1n) is 13.7. The highest BCUT2D eigenvalue weighted by atomic mass is 16.5. The maximum atomic E-state index is 12.5. The molecule has 1 unspecified atom stereocenters. The first-order chi connectivity index (χ1) is 18.6. The van der Waals surface area contributed by atoms with Crippen LogP contribution < -0.4 is 0 Å². The van der Waals surface area contributed by atoms with Crippen molar-refractivity contribution >= 4 is 5.91 Å². The summed E-state index contributed by atoms with van der Waals surface area (Å²) >= 11 is 0. The monoisotopic (exact) mass is 533 g/mol. The molecule has 39 heavy (non-hydrogen) atoms. The van der Waals surface area contributed by atoms with E-state index in [1.165, 1.54) is 12.7 Å². The average Bonchev–Trinajstić information content (AvgIpc) is 3.43. The van der Waals surface area contributed by atoms with Gasteiger partial charge in [-0.2, -0.15) is 4.98 Å². The maximum Gasteiger partial charge on any atom is 0.259 e. The second-order valence-corrected chi connectivity index (χ2v) is 11.7. The zero-order chi connectivity index (χ0) is 27.8. The average molecular weight is 534 g/mol. The van der Waals surface area contributed by atoms with Gasteiger partial charge in [-0.15, -0.1) is 0 Å². The van der Waals surface area contributed by atoms with E-state index in [0.717, 1.165) is 31.5 Å². The fourth-order valence-corrected chi connectivity index (χ4v) is 6.22. The third kappa shape index (κ3) is 5.11. The largest absolute Gasteiger partial charge is 0.380 e. The number of hydrogen-bond acceptors (Lipinski definition) is 8. The molecule has 0 bridgehead atoms. The molecule has 0 aliphatic carbocycles. The lowest BCUT2D eigenvalue weighted by Crippen LogP contribution is -2.63. The summed E-state index contributed by atoms with van der Waals surface area (Å²) in [6, 6.07) is 10.2. The van der Waals surface area contributed by atoms with Gasteiger partial charge in [-0.05, 0) is 43.0 Å². The molecule has 1 atom stereocenters. The molecule has 2 aliphatic rings. The van der Waals surface area contributed by atoms with Crippen LogP contribution in [0.25, 0.3) is 11.5 Å². The van der Waals surface area contributed by atoms with Gasteiger partial charge in [-0.3, -0.25) is 9.78 Å². The van der Waals surface area contributed by atoms with E-state index in [2.05, 4.69) is 55.0 Å². The van der Waals surface area contributed by atoms with Gasteiger partial charge in [0, 0.05) is 62.6 Å². The highest BCUT2D eigenvalue weighted by Gasteiger charge is 2.55. The number of carbonyl (C=O) groups excluding carboxylic acids is 1. The molecule has 2 aromatic heterocycles. The van der Waals surface area contributed by atoms with E-state index in [4.69, 9.17) is 14.2 Å². The Labute approximate surface area is 230 Å². The van der Waals surface area contributed by atoms with E-state index in [1.54, 1.807) is 12.4 Å². The third-order valence-electron chi connectivity index (χ3n) is 8.43. The van der Waals surface area contributed by atoms with Crippen molar-refractivity contribution in [2.75, 3.05) is 46.9 Å². The summed E-state index contributed by atoms with van der Waals surface area (Å²) in [6.07, 6.45) is 4.98. The molecule has 9 nitrogen and oxygen atoms in total. The van der Waals surface area contributed by atoms with Crippen LogP contribution in [-0.4, -0.2) is 82.9 Å². The van der Waals surface area contributed by atoms with Crippen LogP contribution in [0.15, 0.2) is 47.2 Å². The number of aromatic nitrogens is 3. The van der Waals surface area contributed by atoms with Gasteiger partial charge in [-0.25, -0.2) is 0 Å². The molecule has 9 heteroatoms. The van der Waals surface area contributed by atoms with Gasteiger partial charge in [0.2, 0.25) is 5.91 Å². The van der Waals surface area contributed by atoms with Crippen molar-refractivity contribution in [1.82, 2.24) is 24.9 Å². The van der Waals surface area contributed by atoms with Crippen molar-refractivity contribution in [2.45, 2.75) is 51.0 Å². The summed E-state index contributed by atoms with van der Waals surface area (Å²) < 4.78 is 10.7. The number of hydrogen-bond donors (Lipinski definition) is 1. The fourth-order valence-electron chi connectivity index (χ4n) is 6.22. The van der Waals surface area contributed by atoms with Gasteiger partial charge in [0.15, 0.2) is 5.82 Å². The van der Waals surface area contributed by atoms with Crippen LogP contribution in [0, 0.1) is 5.41 Å². The van der Waals surface area contributed by atoms with Crippen LogP contribution in [0.2, 0.25) is 0 Å². The number of carbonyl (C=O) groups is 1. The molecule has 208 valence electrons. The topological polar surface area (TPSA) is 105 Å². The Kier molecular flexibility index (Phi) is 7.59. The molecule has 5 rings (SSSR count). The van der Waals surface area contributed by atoms with Gasteiger partial charge in [-0.1, -0.05) is 50.2 Å². The molecule has 2 fully saturated rings. The van der Waals surface area contributed by atoms with Crippen molar-refractivity contribution in [3.63, 3.8) is 0 Å². The van der Waals surface area contributed by atoms with E-state index >= 15 is 0 Å².